The van der Waals surface area contributed by atoms with Gasteiger partial charge in [0.25, 0.3) is 0 Å². The Kier molecular flexibility index (Phi) is 7.80. The molecule has 0 spiro atoms. The van der Waals surface area contributed by atoms with Crippen LogP contribution in [-0.2, 0) is 0 Å². The standard InChI is InChI=1S/C16H13B.C14H13B/c1-12-3-6-14(7-4-12)9-10-15-8-5-13(2)16(17)11-15;1-10-3-6-12(7-4-10)13-8-5-11(2)14(15)9-13/h3-8,11H,1-2H3;3-9H,1-2H3. The van der Waals surface area contributed by atoms with E-state index in [2.05, 4.69) is 74.2 Å². The first-order valence-electron chi connectivity index (χ1n) is 10.7. The van der Waals surface area contributed by atoms with Gasteiger partial charge in [0.2, 0.25) is 0 Å². The van der Waals surface area contributed by atoms with Crippen LogP contribution in [-0.4, -0.2) is 15.7 Å². The maximum Gasteiger partial charge on any atom is 0.114 e. The van der Waals surface area contributed by atoms with Crippen LogP contribution in [0.25, 0.3) is 11.1 Å². The zero-order chi connectivity index (χ0) is 23.1. The third kappa shape index (κ3) is 6.53. The Hall–Kier alpha value is -3.43. The summed E-state index contributed by atoms with van der Waals surface area (Å²) in [5.41, 5.74) is 10.8. The summed E-state index contributed by atoms with van der Waals surface area (Å²) in [6.07, 6.45) is 0. The summed E-state index contributed by atoms with van der Waals surface area (Å²) in [7, 11) is 11.7. The van der Waals surface area contributed by atoms with Crippen molar-refractivity contribution in [2.45, 2.75) is 27.7 Å². The molecule has 0 heterocycles. The first kappa shape index (κ1) is 23.2. The van der Waals surface area contributed by atoms with Crippen LogP contribution in [0.4, 0.5) is 0 Å². The van der Waals surface area contributed by atoms with Crippen LogP contribution in [0.2, 0.25) is 0 Å². The van der Waals surface area contributed by atoms with E-state index >= 15 is 0 Å². The summed E-state index contributed by atoms with van der Waals surface area (Å²) in [6, 6.07) is 28.8. The number of rotatable bonds is 1. The molecule has 0 amide bonds. The van der Waals surface area contributed by atoms with Gasteiger partial charge in [-0.25, -0.2) is 0 Å². The minimum atomic E-state index is 0.792. The third-order valence-corrected chi connectivity index (χ3v) is 5.35. The van der Waals surface area contributed by atoms with E-state index in [-0.39, 0.29) is 0 Å². The van der Waals surface area contributed by atoms with Gasteiger partial charge in [0, 0.05) is 11.1 Å². The molecule has 4 rings (SSSR count). The van der Waals surface area contributed by atoms with E-state index in [4.69, 9.17) is 15.7 Å². The Balaban J connectivity index is 0.000000182. The fourth-order valence-electron chi connectivity index (χ4n) is 3.07. The molecule has 0 aliphatic rings. The molecule has 0 bridgehead atoms. The van der Waals surface area contributed by atoms with E-state index in [9.17, 15) is 0 Å². The quantitative estimate of drug-likeness (QED) is 0.298. The molecule has 0 saturated heterocycles. The lowest BCUT2D eigenvalue weighted by Crippen LogP contribution is -2.06. The largest absolute Gasteiger partial charge is 0.114 e. The van der Waals surface area contributed by atoms with Crippen LogP contribution in [0.3, 0.4) is 0 Å². The third-order valence-electron chi connectivity index (χ3n) is 5.35. The smallest absolute Gasteiger partial charge is 0.0932 e. The number of hydrogen-bond acceptors (Lipinski definition) is 0. The highest BCUT2D eigenvalue weighted by Crippen LogP contribution is 2.18. The van der Waals surface area contributed by atoms with Crippen molar-refractivity contribution >= 4 is 26.6 Å². The molecular formula is C30H26B2. The normalized spacial score (nSPS) is 9.88. The zero-order valence-corrected chi connectivity index (χ0v) is 19.2. The summed E-state index contributed by atoms with van der Waals surface area (Å²) < 4.78 is 0. The molecule has 152 valence electrons. The fourth-order valence-corrected chi connectivity index (χ4v) is 3.07. The van der Waals surface area contributed by atoms with Gasteiger partial charge in [-0.3, -0.25) is 0 Å². The van der Waals surface area contributed by atoms with Gasteiger partial charge in [-0.05, 0) is 57.0 Å². The Morgan fingerprint density at radius 1 is 0.469 bits per heavy atom. The summed E-state index contributed by atoms with van der Waals surface area (Å²) in [6.45, 7) is 8.17. The van der Waals surface area contributed by atoms with E-state index in [1.807, 2.05) is 50.2 Å². The first-order valence-corrected chi connectivity index (χ1v) is 10.7. The molecule has 0 nitrogen and oxygen atoms in total. The lowest BCUT2D eigenvalue weighted by atomic mass is 9.88. The van der Waals surface area contributed by atoms with E-state index in [1.54, 1.807) is 0 Å². The Labute approximate surface area is 195 Å². The fraction of sp³-hybridized carbons (Fsp3) is 0.133. The van der Waals surface area contributed by atoms with Gasteiger partial charge in [0.15, 0.2) is 0 Å². The Morgan fingerprint density at radius 3 is 1.47 bits per heavy atom. The van der Waals surface area contributed by atoms with E-state index in [1.165, 1.54) is 22.3 Å². The molecule has 32 heavy (non-hydrogen) atoms. The minimum Gasteiger partial charge on any atom is -0.0932 e. The SMILES string of the molecule is [B]c1cc(-c2ccc(C)cc2)ccc1C.[B]c1cc(C#Cc2ccc(C)cc2)ccc1C. The summed E-state index contributed by atoms with van der Waals surface area (Å²) in [4.78, 5) is 0. The molecule has 0 N–H and O–H groups in total. The molecule has 0 saturated carbocycles. The second kappa shape index (κ2) is 10.7. The van der Waals surface area contributed by atoms with Crippen LogP contribution in [0.5, 0.6) is 0 Å². The van der Waals surface area contributed by atoms with Crippen LogP contribution in [0, 0.1) is 39.5 Å². The van der Waals surface area contributed by atoms with Gasteiger partial charge in [0.05, 0.1) is 0 Å². The number of hydrogen-bond donors (Lipinski definition) is 0. The molecule has 2 heteroatoms. The molecule has 0 aromatic heterocycles. The molecule has 4 aromatic rings. The van der Waals surface area contributed by atoms with Crippen molar-refractivity contribution in [1.29, 1.82) is 0 Å². The maximum atomic E-state index is 5.89. The van der Waals surface area contributed by atoms with Crippen molar-refractivity contribution in [3.05, 3.63) is 118 Å². The summed E-state index contributed by atoms with van der Waals surface area (Å²) in [5, 5.41) is 0. The average molecular weight is 408 g/mol. The van der Waals surface area contributed by atoms with Crippen LogP contribution < -0.4 is 10.9 Å². The Morgan fingerprint density at radius 2 is 0.906 bits per heavy atom. The van der Waals surface area contributed by atoms with E-state index in [0.29, 0.717) is 0 Å². The number of aryl methyl sites for hydroxylation is 4. The van der Waals surface area contributed by atoms with Crippen molar-refractivity contribution < 1.29 is 0 Å². The van der Waals surface area contributed by atoms with Crippen molar-refractivity contribution in [2.24, 2.45) is 0 Å². The topological polar surface area (TPSA) is 0 Å². The Bertz CT molecular complexity index is 1260. The molecule has 0 aliphatic heterocycles. The van der Waals surface area contributed by atoms with Gasteiger partial charge in [-0.1, -0.05) is 112 Å². The predicted molar refractivity (Wildman–Crippen MR) is 140 cm³/mol. The zero-order valence-electron chi connectivity index (χ0n) is 19.2. The number of benzene rings is 4. The van der Waals surface area contributed by atoms with Crippen molar-refractivity contribution in [3.8, 4) is 23.0 Å². The highest BCUT2D eigenvalue weighted by atomic mass is 14.0. The van der Waals surface area contributed by atoms with Gasteiger partial charge in [0.1, 0.15) is 15.7 Å². The van der Waals surface area contributed by atoms with E-state index in [0.717, 1.165) is 33.2 Å². The van der Waals surface area contributed by atoms with Crippen LogP contribution in [0.15, 0.2) is 84.9 Å². The van der Waals surface area contributed by atoms with Crippen molar-refractivity contribution in [1.82, 2.24) is 0 Å². The highest BCUT2D eigenvalue weighted by molar-refractivity contribution is 6.33. The molecule has 0 atom stereocenters. The van der Waals surface area contributed by atoms with Gasteiger partial charge in [-0.15, -0.1) is 0 Å². The second-order valence-corrected chi connectivity index (χ2v) is 8.12. The molecule has 4 radical (unpaired) electrons. The average Bonchev–Trinajstić information content (AvgIpc) is 2.78. The van der Waals surface area contributed by atoms with Crippen molar-refractivity contribution in [2.75, 3.05) is 0 Å². The second-order valence-electron chi connectivity index (χ2n) is 8.12. The molecular weight excluding hydrogens is 382 g/mol. The predicted octanol–water partition coefficient (Wildman–Crippen LogP) is 5.26. The van der Waals surface area contributed by atoms with Gasteiger partial charge in [-0.2, -0.15) is 0 Å². The van der Waals surface area contributed by atoms with Crippen LogP contribution >= 0.6 is 0 Å². The maximum absolute atomic E-state index is 5.89. The lowest BCUT2D eigenvalue weighted by Gasteiger charge is -2.06. The molecule has 0 aliphatic carbocycles. The molecule has 0 unspecified atom stereocenters. The van der Waals surface area contributed by atoms with Crippen molar-refractivity contribution in [3.63, 3.8) is 0 Å². The lowest BCUT2D eigenvalue weighted by molar-refractivity contribution is 1.46. The summed E-state index contributed by atoms with van der Waals surface area (Å²) >= 11 is 0. The molecule has 0 fully saturated rings. The molecule has 4 aromatic carbocycles. The minimum absolute atomic E-state index is 0.792. The summed E-state index contributed by atoms with van der Waals surface area (Å²) in [5.74, 6) is 6.25. The first-order chi connectivity index (χ1) is 15.3. The van der Waals surface area contributed by atoms with Gasteiger partial charge < -0.3 is 0 Å². The van der Waals surface area contributed by atoms with Crippen LogP contribution in [0.1, 0.15) is 33.4 Å². The van der Waals surface area contributed by atoms with Gasteiger partial charge >= 0.3 is 0 Å². The van der Waals surface area contributed by atoms with E-state index < -0.39 is 0 Å². The monoisotopic (exact) mass is 408 g/mol. The highest BCUT2D eigenvalue weighted by Gasteiger charge is 1.98.